The molecule has 1 unspecified atom stereocenters. The van der Waals surface area contributed by atoms with E-state index >= 15 is 0 Å². The molecular weight excluding hydrogens is 333 g/mol. The van der Waals surface area contributed by atoms with Crippen LogP contribution in [0.2, 0.25) is 0 Å². The molecular formula is C6H6Cl6O3. The topological polar surface area (TPSA) is 35.5 Å². The molecule has 0 amide bonds. The van der Waals surface area contributed by atoms with E-state index in [1.54, 1.807) is 0 Å². The Hall–Kier alpha value is 1.01. The number of ether oxygens (including phenoxy) is 2. The molecule has 0 rings (SSSR count). The maximum atomic E-state index is 11.0. The first kappa shape index (κ1) is 16.0. The van der Waals surface area contributed by atoms with E-state index in [0.29, 0.717) is 0 Å². The van der Waals surface area contributed by atoms with Gasteiger partial charge < -0.3 is 9.47 Å². The number of carbonyl (C=O) groups is 1. The number of carbonyl (C=O) groups excluding carboxylic acids is 1. The van der Waals surface area contributed by atoms with Gasteiger partial charge in [-0.3, -0.25) is 0 Å². The molecule has 90 valence electrons. The Morgan fingerprint density at radius 2 is 1.67 bits per heavy atom. The summed E-state index contributed by atoms with van der Waals surface area (Å²) in [4.78, 5) is 11.0. The van der Waals surface area contributed by atoms with Crippen LogP contribution in [0.4, 0.5) is 4.79 Å². The Kier molecular flexibility index (Phi) is 6.49. The van der Waals surface area contributed by atoms with Crippen molar-refractivity contribution in [1.29, 1.82) is 0 Å². The van der Waals surface area contributed by atoms with Gasteiger partial charge in [0.1, 0.15) is 12.7 Å². The molecule has 0 N–H and O–H groups in total. The highest BCUT2D eigenvalue weighted by Crippen LogP contribution is 2.32. The van der Waals surface area contributed by atoms with Gasteiger partial charge in [0, 0.05) is 0 Å². The van der Waals surface area contributed by atoms with Crippen LogP contribution in [-0.4, -0.2) is 26.5 Å². The number of hydrogen-bond donors (Lipinski definition) is 0. The fourth-order valence-corrected chi connectivity index (χ4v) is 0.683. The number of alkyl halides is 6. The second kappa shape index (κ2) is 6.08. The van der Waals surface area contributed by atoms with E-state index in [9.17, 15) is 4.79 Å². The second-order valence-corrected chi connectivity index (χ2v) is 7.34. The lowest BCUT2D eigenvalue weighted by Crippen LogP contribution is -2.29. The molecule has 0 aromatic rings. The van der Waals surface area contributed by atoms with Crippen molar-refractivity contribution in [2.45, 2.75) is 20.6 Å². The van der Waals surface area contributed by atoms with Crippen molar-refractivity contribution in [3.63, 3.8) is 0 Å². The average molecular weight is 339 g/mol. The largest absolute Gasteiger partial charge is 0.508 e. The molecule has 0 fully saturated rings. The maximum Gasteiger partial charge on any atom is 0.508 e. The van der Waals surface area contributed by atoms with Crippen molar-refractivity contribution in [3.8, 4) is 0 Å². The fraction of sp³-hybridized carbons (Fsp3) is 0.833. The van der Waals surface area contributed by atoms with Crippen molar-refractivity contribution in [3.05, 3.63) is 0 Å². The van der Waals surface area contributed by atoms with Gasteiger partial charge in [0.25, 0.3) is 0 Å². The standard InChI is InChI=1S/C6H6Cl6O3/c1-3(6(10,11)12)15-4(13)14-2-5(7,8)9/h3H,2H2,1H3. The Morgan fingerprint density at radius 1 is 1.20 bits per heavy atom. The summed E-state index contributed by atoms with van der Waals surface area (Å²) >= 11 is 32.3. The molecule has 15 heavy (non-hydrogen) atoms. The molecule has 0 bridgehead atoms. The molecule has 0 aliphatic rings. The summed E-state index contributed by atoms with van der Waals surface area (Å²) in [5, 5.41) is 0. The van der Waals surface area contributed by atoms with Crippen molar-refractivity contribution in [1.82, 2.24) is 0 Å². The van der Waals surface area contributed by atoms with Crippen LogP contribution in [0.3, 0.4) is 0 Å². The molecule has 0 saturated heterocycles. The Morgan fingerprint density at radius 3 is 2.00 bits per heavy atom. The van der Waals surface area contributed by atoms with E-state index in [0.717, 1.165) is 0 Å². The summed E-state index contributed by atoms with van der Waals surface area (Å²) in [7, 11) is 0. The van der Waals surface area contributed by atoms with Crippen molar-refractivity contribution in [2.24, 2.45) is 0 Å². The molecule has 0 aromatic carbocycles. The van der Waals surface area contributed by atoms with Crippen molar-refractivity contribution < 1.29 is 14.3 Å². The smallest absolute Gasteiger partial charge is 0.430 e. The zero-order valence-electron chi connectivity index (χ0n) is 7.28. The highest BCUT2D eigenvalue weighted by Gasteiger charge is 2.33. The lowest BCUT2D eigenvalue weighted by atomic mass is 10.5. The summed E-state index contributed by atoms with van der Waals surface area (Å²) in [6.45, 7) is 0.923. The summed E-state index contributed by atoms with van der Waals surface area (Å²) < 4.78 is 5.57. The Bertz CT molecular complexity index is 220. The molecule has 0 spiro atoms. The minimum atomic E-state index is -1.74. The number of hydrogen-bond acceptors (Lipinski definition) is 3. The zero-order chi connectivity index (χ0) is 12.3. The van der Waals surface area contributed by atoms with Gasteiger partial charge in [-0.25, -0.2) is 4.79 Å². The van der Waals surface area contributed by atoms with Crippen molar-refractivity contribution in [2.75, 3.05) is 6.61 Å². The summed E-state index contributed by atoms with van der Waals surface area (Å²) in [6.07, 6.45) is -2.06. The van der Waals surface area contributed by atoms with Gasteiger partial charge in [-0.1, -0.05) is 69.6 Å². The predicted molar refractivity (Wildman–Crippen MR) is 62.5 cm³/mol. The molecule has 0 aliphatic heterocycles. The van der Waals surface area contributed by atoms with Gasteiger partial charge in [-0.2, -0.15) is 0 Å². The lowest BCUT2D eigenvalue weighted by molar-refractivity contribution is 0.0314. The van der Waals surface area contributed by atoms with E-state index in [2.05, 4.69) is 9.47 Å². The van der Waals surface area contributed by atoms with Crippen LogP contribution < -0.4 is 0 Å². The minimum Gasteiger partial charge on any atom is -0.430 e. The summed E-state index contributed by atoms with van der Waals surface area (Å²) in [6, 6.07) is 0. The first-order valence-corrected chi connectivity index (χ1v) is 5.76. The quantitative estimate of drug-likeness (QED) is 0.557. The third kappa shape index (κ3) is 8.78. The first-order valence-electron chi connectivity index (χ1n) is 3.49. The lowest BCUT2D eigenvalue weighted by Gasteiger charge is -2.20. The highest BCUT2D eigenvalue weighted by molar-refractivity contribution is 6.68. The van der Waals surface area contributed by atoms with Gasteiger partial charge >= 0.3 is 6.16 Å². The molecule has 3 nitrogen and oxygen atoms in total. The van der Waals surface area contributed by atoms with E-state index in [1.165, 1.54) is 6.92 Å². The zero-order valence-corrected chi connectivity index (χ0v) is 11.8. The molecule has 0 heterocycles. The Labute approximate surface area is 117 Å². The van der Waals surface area contributed by atoms with Gasteiger partial charge in [0.2, 0.25) is 7.59 Å². The van der Waals surface area contributed by atoms with Gasteiger partial charge in [0.05, 0.1) is 0 Å². The van der Waals surface area contributed by atoms with Crippen LogP contribution in [-0.2, 0) is 9.47 Å². The van der Waals surface area contributed by atoms with Crippen LogP contribution >= 0.6 is 69.6 Å². The molecule has 0 saturated carbocycles. The van der Waals surface area contributed by atoms with Crippen LogP contribution in [0.5, 0.6) is 0 Å². The van der Waals surface area contributed by atoms with Crippen LogP contribution in [0.25, 0.3) is 0 Å². The first-order chi connectivity index (χ1) is 6.52. The monoisotopic (exact) mass is 336 g/mol. The highest BCUT2D eigenvalue weighted by atomic mass is 35.6. The maximum absolute atomic E-state index is 11.0. The SMILES string of the molecule is CC(OC(=O)OCC(Cl)(Cl)Cl)C(Cl)(Cl)Cl. The second-order valence-electron chi connectivity index (χ2n) is 2.46. The van der Waals surface area contributed by atoms with E-state index in [4.69, 9.17) is 69.6 Å². The third-order valence-corrected chi connectivity index (χ3v) is 2.34. The van der Waals surface area contributed by atoms with Crippen molar-refractivity contribution >= 4 is 75.8 Å². The molecule has 0 aliphatic carbocycles. The van der Waals surface area contributed by atoms with Crippen LogP contribution in [0.15, 0.2) is 0 Å². The normalized spacial score (nSPS) is 14.6. The molecule has 9 heteroatoms. The van der Waals surface area contributed by atoms with E-state index in [1.807, 2.05) is 0 Å². The fourth-order valence-electron chi connectivity index (χ4n) is 0.386. The van der Waals surface area contributed by atoms with E-state index < -0.39 is 26.5 Å². The Balaban J connectivity index is 3.96. The van der Waals surface area contributed by atoms with Gasteiger partial charge in [-0.15, -0.1) is 0 Å². The molecule has 1 atom stereocenters. The van der Waals surface area contributed by atoms with Crippen LogP contribution in [0.1, 0.15) is 6.92 Å². The number of rotatable bonds is 2. The predicted octanol–water partition coefficient (Wildman–Crippen LogP) is 4.27. The summed E-state index contributed by atoms with van der Waals surface area (Å²) in [5.41, 5.74) is 0. The third-order valence-electron chi connectivity index (χ3n) is 1.09. The average Bonchev–Trinajstić information content (AvgIpc) is 1.97. The number of halogens is 6. The van der Waals surface area contributed by atoms with Crippen LogP contribution in [0, 0.1) is 0 Å². The minimum absolute atomic E-state index is 0.455. The molecule has 0 radical (unpaired) electrons. The van der Waals surface area contributed by atoms with Gasteiger partial charge in [0.15, 0.2) is 0 Å². The molecule has 0 aromatic heterocycles. The van der Waals surface area contributed by atoms with Gasteiger partial charge in [-0.05, 0) is 6.92 Å². The van der Waals surface area contributed by atoms with E-state index in [-0.39, 0.29) is 0 Å². The summed E-state index contributed by atoms with van der Waals surface area (Å²) in [5.74, 6) is 0.